The molecule has 0 unspecified atom stereocenters. The van der Waals surface area contributed by atoms with Crippen LogP contribution in [0.3, 0.4) is 0 Å². The highest BCUT2D eigenvalue weighted by atomic mass is 127. The molecule has 66 valence electrons. The summed E-state index contributed by atoms with van der Waals surface area (Å²) in [6, 6.07) is -0.840. The summed E-state index contributed by atoms with van der Waals surface area (Å²) in [5, 5.41) is 17.4. The Morgan fingerprint density at radius 1 is 1.55 bits per heavy atom. The number of hydrogen-bond acceptors (Lipinski definition) is 3. The number of carboxylic acid groups (broad SMARTS) is 1. The molecule has 0 bridgehead atoms. The molecule has 2 atom stereocenters. The monoisotopic (exact) mass is 273 g/mol. The minimum atomic E-state index is -1.01. The van der Waals surface area contributed by atoms with Crippen molar-refractivity contribution in [3.05, 3.63) is 0 Å². The van der Waals surface area contributed by atoms with Crippen molar-refractivity contribution < 1.29 is 15.0 Å². The third kappa shape index (κ3) is 5.40. The van der Waals surface area contributed by atoms with Crippen molar-refractivity contribution in [3.63, 3.8) is 0 Å². The van der Waals surface area contributed by atoms with Gasteiger partial charge in [0, 0.05) is 4.43 Å². The van der Waals surface area contributed by atoms with Gasteiger partial charge in [-0.15, -0.1) is 0 Å². The van der Waals surface area contributed by atoms with Gasteiger partial charge in [-0.1, -0.05) is 22.6 Å². The van der Waals surface area contributed by atoms with Crippen LogP contribution in [0.15, 0.2) is 0 Å². The molecule has 0 saturated carbocycles. The van der Waals surface area contributed by atoms with Gasteiger partial charge in [0.15, 0.2) is 0 Å². The molecule has 4 nitrogen and oxygen atoms in total. The molecular weight excluding hydrogens is 261 g/mol. The Balaban J connectivity index is 3.45. The van der Waals surface area contributed by atoms with Crippen molar-refractivity contribution in [1.82, 2.24) is 0 Å². The molecule has 0 aliphatic heterocycles. The molecule has 0 saturated heterocycles. The molecule has 0 aromatic heterocycles. The molecule has 5 heteroatoms. The van der Waals surface area contributed by atoms with Crippen molar-refractivity contribution in [2.75, 3.05) is 4.43 Å². The van der Waals surface area contributed by atoms with Crippen LogP contribution in [0.25, 0.3) is 0 Å². The third-order valence-electron chi connectivity index (χ3n) is 1.31. The molecule has 4 N–H and O–H groups in total. The van der Waals surface area contributed by atoms with Crippen LogP contribution in [-0.2, 0) is 4.79 Å². The minimum Gasteiger partial charge on any atom is -0.480 e. The van der Waals surface area contributed by atoms with Crippen LogP contribution in [0, 0.1) is 0 Å². The highest BCUT2D eigenvalue weighted by molar-refractivity contribution is 14.1. The van der Waals surface area contributed by atoms with E-state index in [4.69, 9.17) is 15.9 Å². The average Bonchev–Trinajstić information content (AvgIpc) is 1.99. The van der Waals surface area contributed by atoms with Crippen LogP contribution in [0.1, 0.15) is 12.8 Å². The van der Waals surface area contributed by atoms with Crippen molar-refractivity contribution in [2.45, 2.75) is 25.0 Å². The zero-order valence-electron chi connectivity index (χ0n) is 6.03. The molecule has 0 aromatic carbocycles. The highest BCUT2D eigenvalue weighted by Gasteiger charge is 2.12. The topological polar surface area (TPSA) is 83.5 Å². The maximum absolute atomic E-state index is 10.2. The second kappa shape index (κ2) is 5.73. The second-order valence-electron chi connectivity index (χ2n) is 2.33. The molecule has 0 amide bonds. The van der Waals surface area contributed by atoms with Gasteiger partial charge < -0.3 is 15.9 Å². The van der Waals surface area contributed by atoms with Gasteiger partial charge in [0.05, 0.1) is 6.10 Å². The third-order valence-corrected chi connectivity index (χ3v) is 2.32. The molecule has 0 aromatic rings. The number of aliphatic hydroxyl groups excluding tert-OH is 1. The lowest BCUT2D eigenvalue weighted by Crippen LogP contribution is -2.31. The summed E-state index contributed by atoms with van der Waals surface area (Å²) < 4.78 is 0.615. The number of nitrogens with two attached hydrogens (primary N) is 1. The zero-order chi connectivity index (χ0) is 8.85. The quantitative estimate of drug-likeness (QED) is 0.485. The van der Waals surface area contributed by atoms with Gasteiger partial charge in [-0.05, 0) is 12.8 Å². The fourth-order valence-electron chi connectivity index (χ4n) is 0.573. The maximum Gasteiger partial charge on any atom is 0.320 e. The predicted octanol–water partition coefficient (Wildman–Crippen LogP) is -0.0256. The summed E-state index contributed by atoms with van der Waals surface area (Å²) in [5.41, 5.74) is 5.21. The molecule has 0 spiro atoms. The van der Waals surface area contributed by atoms with Crippen molar-refractivity contribution in [3.8, 4) is 0 Å². The van der Waals surface area contributed by atoms with Crippen LogP contribution in [0.5, 0.6) is 0 Å². The molecule has 0 heterocycles. The predicted molar refractivity (Wildman–Crippen MR) is 49.7 cm³/mol. The van der Waals surface area contributed by atoms with Crippen LogP contribution < -0.4 is 5.73 Å². The number of aliphatic carboxylic acids is 1. The van der Waals surface area contributed by atoms with E-state index in [9.17, 15) is 4.79 Å². The number of hydrogen-bond donors (Lipinski definition) is 3. The first-order chi connectivity index (χ1) is 5.07. The first-order valence-electron chi connectivity index (χ1n) is 3.30. The zero-order valence-corrected chi connectivity index (χ0v) is 8.19. The second-order valence-corrected chi connectivity index (χ2v) is 3.21. The van der Waals surface area contributed by atoms with E-state index in [0.717, 1.165) is 0 Å². The minimum absolute atomic E-state index is 0.333. The first kappa shape index (κ1) is 11.1. The van der Waals surface area contributed by atoms with E-state index < -0.39 is 18.1 Å². The van der Waals surface area contributed by atoms with E-state index >= 15 is 0 Å². The molecule has 11 heavy (non-hydrogen) atoms. The van der Waals surface area contributed by atoms with Gasteiger partial charge in [0.2, 0.25) is 0 Å². The van der Waals surface area contributed by atoms with Crippen molar-refractivity contribution in [1.29, 1.82) is 0 Å². The molecule has 0 aliphatic rings. The first-order valence-corrected chi connectivity index (χ1v) is 4.83. The lowest BCUT2D eigenvalue weighted by Gasteiger charge is -2.08. The molecule has 0 rings (SSSR count). The van der Waals surface area contributed by atoms with Crippen molar-refractivity contribution in [2.24, 2.45) is 5.73 Å². The largest absolute Gasteiger partial charge is 0.480 e. The van der Waals surface area contributed by atoms with Gasteiger partial charge in [-0.2, -0.15) is 0 Å². The standard InChI is InChI=1S/C6H12INO3/c7-3-4(9)1-2-5(8)6(10)11/h4-5,9H,1-3,8H2,(H,10,11)/t4-,5+/m1/s1. The lowest BCUT2D eigenvalue weighted by molar-refractivity contribution is -0.138. The number of rotatable bonds is 5. The SMILES string of the molecule is N[C@@H](CC[C@@H](O)CI)C(=O)O. The van der Waals surface area contributed by atoms with E-state index in [1.807, 2.05) is 22.6 Å². The normalized spacial score (nSPS) is 15.9. The van der Waals surface area contributed by atoms with Gasteiger partial charge in [-0.25, -0.2) is 0 Å². The van der Waals surface area contributed by atoms with Crippen LogP contribution in [0.2, 0.25) is 0 Å². The molecule has 0 radical (unpaired) electrons. The summed E-state index contributed by atoms with van der Waals surface area (Å²) in [7, 11) is 0. The van der Waals surface area contributed by atoms with E-state index in [-0.39, 0.29) is 0 Å². The summed E-state index contributed by atoms with van der Waals surface area (Å²) in [6.45, 7) is 0. The Kier molecular flexibility index (Phi) is 5.79. The van der Waals surface area contributed by atoms with E-state index in [1.54, 1.807) is 0 Å². The smallest absolute Gasteiger partial charge is 0.320 e. The Hall–Kier alpha value is 0.120. The maximum atomic E-state index is 10.2. The van der Waals surface area contributed by atoms with Gasteiger partial charge in [-0.3, -0.25) is 4.79 Å². The Morgan fingerprint density at radius 2 is 2.09 bits per heavy atom. The fraction of sp³-hybridized carbons (Fsp3) is 0.833. The van der Waals surface area contributed by atoms with Crippen LogP contribution in [0.4, 0.5) is 0 Å². The average molecular weight is 273 g/mol. The van der Waals surface area contributed by atoms with Crippen LogP contribution >= 0.6 is 22.6 Å². The number of alkyl halides is 1. The highest BCUT2D eigenvalue weighted by Crippen LogP contribution is 2.02. The Labute approximate surface area is 78.9 Å². The Morgan fingerprint density at radius 3 is 2.45 bits per heavy atom. The summed E-state index contributed by atoms with van der Waals surface area (Å²) >= 11 is 2.04. The van der Waals surface area contributed by atoms with Crippen LogP contribution in [-0.4, -0.2) is 32.8 Å². The summed E-state index contributed by atoms with van der Waals surface area (Å²) in [6.07, 6.45) is 0.358. The van der Waals surface area contributed by atoms with E-state index in [1.165, 1.54) is 0 Å². The fourth-order valence-corrected chi connectivity index (χ4v) is 1.01. The molecular formula is C6H12INO3. The summed E-state index contributed by atoms with van der Waals surface area (Å²) in [5.74, 6) is -1.01. The Bertz CT molecular complexity index is 131. The lowest BCUT2D eigenvalue weighted by atomic mass is 10.1. The number of carbonyl (C=O) groups is 1. The van der Waals surface area contributed by atoms with Crippen molar-refractivity contribution >= 4 is 28.6 Å². The van der Waals surface area contributed by atoms with Gasteiger partial charge >= 0.3 is 5.97 Å². The number of carboxylic acids is 1. The van der Waals surface area contributed by atoms with E-state index in [2.05, 4.69) is 0 Å². The van der Waals surface area contributed by atoms with E-state index in [0.29, 0.717) is 17.3 Å². The van der Waals surface area contributed by atoms with Gasteiger partial charge in [0.1, 0.15) is 6.04 Å². The molecule has 0 fully saturated rings. The number of halogens is 1. The molecule has 0 aliphatic carbocycles. The van der Waals surface area contributed by atoms with Gasteiger partial charge in [0.25, 0.3) is 0 Å². The number of aliphatic hydroxyl groups is 1. The summed E-state index contributed by atoms with van der Waals surface area (Å²) in [4.78, 5) is 10.2.